The smallest absolute Gasteiger partial charge is 0.271 e. The summed E-state index contributed by atoms with van der Waals surface area (Å²) in [6.45, 7) is 2.17. The highest BCUT2D eigenvalue weighted by molar-refractivity contribution is 6.11. The summed E-state index contributed by atoms with van der Waals surface area (Å²) in [6.07, 6.45) is 0.204. The number of aliphatic imine (C=N–C) groups is 1. The number of fused-ring (bicyclic) bond motifs is 1. The van der Waals surface area contributed by atoms with Crippen molar-refractivity contribution in [2.75, 3.05) is 4.90 Å². The number of rotatable bonds is 3. The maximum Gasteiger partial charge on any atom is 0.271 e. The van der Waals surface area contributed by atoms with Crippen LogP contribution in [0.25, 0.3) is 0 Å². The number of non-ortho nitro benzene ring substituents is 1. The van der Waals surface area contributed by atoms with E-state index in [0.29, 0.717) is 23.6 Å². The maximum absolute atomic E-state index is 12.5. The van der Waals surface area contributed by atoms with Gasteiger partial charge in [-0.1, -0.05) is 30.3 Å². The van der Waals surface area contributed by atoms with Crippen LogP contribution >= 0.6 is 0 Å². The molecule has 0 saturated carbocycles. The molecule has 1 amide bonds. The van der Waals surface area contributed by atoms with Crippen LogP contribution in [-0.2, 0) is 11.3 Å². The summed E-state index contributed by atoms with van der Waals surface area (Å²) in [4.78, 5) is 29.0. The highest BCUT2D eigenvalue weighted by Crippen LogP contribution is 2.36. The van der Waals surface area contributed by atoms with Crippen molar-refractivity contribution >= 4 is 28.7 Å². The van der Waals surface area contributed by atoms with Crippen LogP contribution in [0.1, 0.15) is 18.9 Å². The second kappa shape index (κ2) is 6.00. The number of carbonyl (C=O) groups is 1. The number of hydrogen-bond acceptors (Lipinski definition) is 4. The summed E-state index contributed by atoms with van der Waals surface area (Å²) in [5.41, 5.74) is 2.66. The number of benzene rings is 2. The zero-order valence-electron chi connectivity index (χ0n) is 12.6. The zero-order chi connectivity index (χ0) is 16.4. The predicted octanol–water partition coefficient (Wildman–Crippen LogP) is 3.62. The molecule has 23 heavy (non-hydrogen) atoms. The van der Waals surface area contributed by atoms with Crippen molar-refractivity contribution in [2.45, 2.75) is 19.9 Å². The minimum absolute atomic E-state index is 0.0330. The largest absolute Gasteiger partial charge is 0.306 e. The lowest BCUT2D eigenvalue weighted by Gasteiger charge is -2.22. The molecule has 0 radical (unpaired) electrons. The SMILES string of the molecule is CC1=Nc2cc([N+](=O)[O-])ccc2N(Cc2ccccc2)C(=O)C1. The van der Waals surface area contributed by atoms with E-state index in [4.69, 9.17) is 0 Å². The number of nitro benzene ring substituents is 1. The number of anilines is 1. The molecule has 0 atom stereocenters. The fourth-order valence-corrected chi connectivity index (χ4v) is 2.58. The van der Waals surface area contributed by atoms with Gasteiger partial charge in [0, 0.05) is 17.8 Å². The van der Waals surface area contributed by atoms with Crippen LogP contribution in [0.15, 0.2) is 53.5 Å². The van der Waals surface area contributed by atoms with E-state index in [1.165, 1.54) is 12.1 Å². The normalized spacial score (nSPS) is 14.0. The summed E-state index contributed by atoms with van der Waals surface area (Å²) >= 11 is 0. The van der Waals surface area contributed by atoms with Gasteiger partial charge in [-0.25, -0.2) is 0 Å². The third kappa shape index (κ3) is 3.11. The zero-order valence-corrected chi connectivity index (χ0v) is 12.6. The molecule has 1 aliphatic heterocycles. The van der Waals surface area contributed by atoms with Crippen molar-refractivity contribution < 1.29 is 9.72 Å². The number of nitrogens with zero attached hydrogens (tertiary/aromatic N) is 3. The van der Waals surface area contributed by atoms with Crippen molar-refractivity contribution in [3.63, 3.8) is 0 Å². The van der Waals surface area contributed by atoms with E-state index in [1.54, 1.807) is 17.9 Å². The monoisotopic (exact) mass is 309 g/mol. The standard InChI is InChI=1S/C17H15N3O3/c1-12-9-17(21)19(11-13-5-3-2-4-6-13)16-8-7-14(20(22)23)10-15(16)18-12/h2-8,10H,9,11H2,1H3. The molecule has 116 valence electrons. The molecule has 0 bridgehead atoms. The highest BCUT2D eigenvalue weighted by Gasteiger charge is 2.24. The summed E-state index contributed by atoms with van der Waals surface area (Å²) in [5, 5.41) is 11.0. The fraction of sp³-hybridized carbons (Fsp3) is 0.176. The van der Waals surface area contributed by atoms with Crippen molar-refractivity contribution in [3.05, 3.63) is 64.2 Å². The Balaban J connectivity index is 2.05. The van der Waals surface area contributed by atoms with Crippen LogP contribution < -0.4 is 4.90 Å². The first-order valence-corrected chi connectivity index (χ1v) is 7.21. The van der Waals surface area contributed by atoms with Crippen molar-refractivity contribution in [1.29, 1.82) is 0 Å². The summed E-state index contributed by atoms with van der Waals surface area (Å²) < 4.78 is 0. The van der Waals surface area contributed by atoms with Gasteiger partial charge < -0.3 is 4.90 Å². The van der Waals surface area contributed by atoms with Gasteiger partial charge in [-0.15, -0.1) is 0 Å². The summed E-state index contributed by atoms with van der Waals surface area (Å²) in [7, 11) is 0. The number of carbonyl (C=O) groups excluding carboxylic acids is 1. The third-order valence-electron chi connectivity index (χ3n) is 3.66. The van der Waals surface area contributed by atoms with Crippen LogP contribution in [0.5, 0.6) is 0 Å². The minimum atomic E-state index is -0.459. The molecular formula is C17H15N3O3. The van der Waals surface area contributed by atoms with E-state index < -0.39 is 4.92 Å². The Morgan fingerprint density at radius 2 is 1.96 bits per heavy atom. The lowest BCUT2D eigenvalue weighted by atomic mass is 10.1. The molecule has 6 heteroatoms. The Morgan fingerprint density at radius 1 is 1.22 bits per heavy atom. The van der Waals surface area contributed by atoms with Gasteiger partial charge in [0.15, 0.2) is 0 Å². The average Bonchev–Trinajstić information content (AvgIpc) is 2.64. The Morgan fingerprint density at radius 3 is 2.65 bits per heavy atom. The van der Waals surface area contributed by atoms with Gasteiger partial charge in [0.05, 0.1) is 29.3 Å². The van der Waals surface area contributed by atoms with Crippen LogP contribution in [0.4, 0.5) is 17.1 Å². The minimum Gasteiger partial charge on any atom is -0.306 e. The van der Waals surface area contributed by atoms with E-state index >= 15 is 0 Å². The summed E-state index contributed by atoms with van der Waals surface area (Å²) in [6, 6.07) is 14.0. The van der Waals surface area contributed by atoms with Gasteiger partial charge in [0.25, 0.3) is 5.69 Å². The van der Waals surface area contributed by atoms with Gasteiger partial charge in [0.1, 0.15) is 0 Å². The van der Waals surface area contributed by atoms with E-state index in [1.807, 2.05) is 30.3 Å². The average molecular weight is 309 g/mol. The quantitative estimate of drug-likeness (QED) is 0.642. The van der Waals surface area contributed by atoms with Gasteiger partial charge >= 0.3 is 0 Å². The molecule has 0 N–H and O–H groups in total. The first-order valence-electron chi connectivity index (χ1n) is 7.21. The number of hydrogen-bond donors (Lipinski definition) is 0. The molecule has 0 spiro atoms. The molecule has 0 aromatic heterocycles. The fourth-order valence-electron chi connectivity index (χ4n) is 2.58. The molecule has 6 nitrogen and oxygen atoms in total. The number of amides is 1. The summed E-state index contributed by atoms with van der Waals surface area (Å²) in [5.74, 6) is -0.0669. The first kappa shape index (κ1) is 14.9. The van der Waals surface area contributed by atoms with E-state index in [-0.39, 0.29) is 18.0 Å². The molecule has 3 rings (SSSR count). The van der Waals surface area contributed by atoms with E-state index in [9.17, 15) is 14.9 Å². The Bertz CT molecular complexity index is 800. The number of nitro groups is 1. The molecule has 1 heterocycles. The maximum atomic E-state index is 12.5. The molecule has 0 unspecified atom stereocenters. The van der Waals surface area contributed by atoms with E-state index in [0.717, 1.165) is 5.56 Å². The van der Waals surface area contributed by atoms with Crippen molar-refractivity contribution in [2.24, 2.45) is 4.99 Å². The van der Waals surface area contributed by atoms with Crippen LogP contribution in [-0.4, -0.2) is 16.5 Å². The highest BCUT2D eigenvalue weighted by atomic mass is 16.6. The molecular weight excluding hydrogens is 294 g/mol. The molecule has 2 aromatic rings. The second-order valence-corrected chi connectivity index (χ2v) is 5.42. The van der Waals surface area contributed by atoms with Gasteiger partial charge in [-0.05, 0) is 18.6 Å². The van der Waals surface area contributed by atoms with Crippen LogP contribution in [0.3, 0.4) is 0 Å². The first-order chi connectivity index (χ1) is 11.0. The second-order valence-electron chi connectivity index (χ2n) is 5.42. The Labute approximate surface area is 133 Å². The topological polar surface area (TPSA) is 75.8 Å². The van der Waals surface area contributed by atoms with Crippen LogP contribution in [0.2, 0.25) is 0 Å². The molecule has 2 aromatic carbocycles. The predicted molar refractivity (Wildman–Crippen MR) is 88.1 cm³/mol. The third-order valence-corrected chi connectivity index (χ3v) is 3.66. The molecule has 0 saturated heterocycles. The molecule has 0 fully saturated rings. The lowest BCUT2D eigenvalue weighted by molar-refractivity contribution is -0.384. The van der Waals surface area contributed by atoms with Gasteiger partial charge in [-0.2, -0.15) is 0 Å². The Kier molecular flexibility index (Phi) is 3.89. The van der Waals surface area contributed by atoms with Crippen molar-refractivity contribution in [1.82, 2.24) is 0 Å². The van der Waals surface area contributed by atoms with Crippen molar-refractivity contribution in [3.8, 4) is 0 Å². The van der Waals surface area contributed by atoms with Gasteiger partial charge in [-0.3, -0.25) is 19.9 Å². The van der Waals surface area contributed by atoms with E-state index in [2.05, 4.69) is 4.99 Å². The van der Waals surface area contributed by atoms with Crippen LogP contribution in [0, 0.1) is 10.1 Å². The molecule has 0 aliphatic carbocycles. The molecule has 1 aliphatic rings. The Hall–Kier alpha value is -3.02. The van der Waals surface area contributed by atoms with Gasteiger partial charge in [0.2, 0.25) is 5.91 Å². The lowest BCUT2D eigenvalue weighted by Crippen LogP contribution is -2.30.